The third-order valence-electron chi connectivity index (χ3n) is 3.11. The number of hydrogen-bond donors (Lipinski definition) is 2. The minimum Gasteiger partial charge on any atom is -0.352 e. The van der Waals surface area contributed by atoms with Crippen LogP contribution in [0.3, 0.4) is 0 Å². The molecule has 0 aliphatic carbocycles. The Hall–Kier alpha value is -1.96. The Bertz CT molecular complexity index is 782. The van der Waals surface area contributed by atoms with Crippen molar-refractivity contribution in [2.24, 2.45) is 4.99 Å². The van der Waals surface area contributed by atoms with Crippen LogP contribution in [0.25, 0.3) is 0 Å². The van der Waals surface area contributed by atoms with E-state index >= 15 is 0 Å². The Morgan fingerprint density at radius 2 is 1.96 bits per heavy atom. The molecule has 12 heteroatoms. The van der Waals surface area contributed by atoms with Crippen molar-refractivity contribution in [2.75, 3.05) is 7.05 Å². The molecule has 0 unspecified atom stereocenters. The Morgan fingerprint density at radius 1 is 1.31 bits per heavy atom. The Balaban J connectivity index is 0.00000338. The summed E-state index contributed by atoms with van der Waals surface area (Å²) in [5.74, 6) is 0.293. The summed E-state index contributed by atoms with van der Waals surface area (Å²) < 4.78 is 37.5. The number of nitrogens with one attached hydrogen (secondary N) is 2. The number of alkyl halides is 3. The fraction of sp³-hybridized carbons (Fsp3) is 0.286. The van der Waals surface area contributed by atoms with Gasteiger partial charge >= 0.3 is 6.18 Å². The van der Waals surface area contributed by atoms with Gasteiger partial charge in [-0.25, -0.2) is 4.98 Å². The summed E-state index contributed by atoms with van der Waals surface area (Å²) in [6.45, 7) is 0.194. The van der Waals surface area contributed by atoms with Crippen LogP contribution in [0.4, 0.5) is 18.9 Å². The normalized spacial score (nSPS) is 11.6. The van der Waals surface area contributed by atoms with Gasteiger partial charge in [0.1, 0.15) is 5.01 Å². The standard InChI is InChI=1S/C14H14F3N5O2S.HI/c1-18-13(19-6-9-4-2-3-5-10(9)22(23)24)20-7-12-21-11(8-25-12)14(15,16)17;/h2-5,8H,6-7H2,1H3,(H2,18,19,20);1H. The zero-order valence-corrected chi connectivity index (χ0v) is 16.6. The predicted octanol–water partition coefficient (Wildman–Crippen LogP) is 3.55. The highest BCUT2D eigenvalue weighted by atomic mass is 127. The molecule has 1 aromatic heterocycles. The van der Waals surface area contributed by atoms with Crippen LogP contribution in [0.2, 0.25) is 0 Å². The number of rotatable bonds is 5. The average Bonchev–Trinajstić information content (AvgIpc) is 3.04. The molecule has 0 aliphatic rings. The van der Waals surface area contributed by atoms with Gasteiger partial charge < -0.3 is 10.6 Å². The maximum absolute atomic E-state index is 12.5. The van der Waals surface area contributed by atoms with Crippen LogP contribution in [-0.4, -0.2) is 22.9 Å². The lowest BCUT2D eigenvalue weighted by atomic mass is 10.2. The molecular weight excluding hydrogens is 486 g/mol. The molecule has 0 spiro atoms. The summed E-state index contributed by atoms with van der Waals surface area (Å²) in [5.41, 5.74) is -0.499. The van der Waals surface area contributed by atoms with Gasteiger partial charge in [-0.15, -0.1) is 35.3 Å². The topological polar surface area (TPSA) is 92.5 Å². The van der Waals surface area contributed by atoms with Crippen molar-refractivity contribution in [3.05, 3.63) is 56.0 Å². The van der Waals surface area contributed by atoms with E-state index < -0.39 is 16.8 Å². The van der Waals surface area contributed by atoms with Gasteiger partial charge in [-0.2, -0.15) is 13.2 Å². The van der Waals surface area contributed by atoms with Gasteiger partial charge in [0.15, 0.2) is 11.7 Å². The van der Waals surface area contributed by atoms with Crippen molar-refractivity contribution >= 4 is 47.0 Å². The highest BCUT2D eigenvalue weighted by molar-refractivity contribution is 14.0. The average molecular weight is 501 g/mol. The van der Waals surface area contributed by atoms with Gasteiger partial charge in [0.25, 0.3) is 5.69 Å². The highest BCUT2D eigenvalue weighted by Gasteiger charge is 2.33. The van der Waals surface area contributed by atoms with E-state index in [0.717, 1.165) is 16.7 Å². The number of thiazole rings is 1. The number of nitro groups is 1. The van der Waals surface area contributed by atoms with Crippen molar-refractivity contribution < 1.29 is 18.1 Å². The van der Waals surface area contributed by atoms with Crippen molar-refractivity contribution in [2.45, 2.75) is 19.3 Å². The number of nitrogens with zero attached hydrogens (tertiary/aromatic N) is 3. The smallest absolute Gasteiger partial charge is 0.352 e. The van der Waals surface area contributed by atoms with Crippen LogP contribution in [0.5, 0.6) is 0 Å². The second-order valence-corrected chi connectivity index (χ2v) is 5.73. The van der Waals surface area contributed by atoms with Gasteiger partial charge in [-0.3, -0.25) is 15.1 Å². The predicted molar refractivity (Wildman–Crippen MR) is 103 cm³/mol. The summed E-state index contributed by atoms with van der Waals surface area (Å²) in [5, 5.41) is 17.9. The molecule has 2 rings (SSSR count). The zero-order chi connectivity index (χ0) is 18.4. The molecule has 1 heterocycles. The Kier molecular flexibility index (Phi) is 8.20. The minimum atomic E-state index is -4.47. The van der Waals surface area contributed by atoms with Gasteiger partial charge in [-0.1, -0.05) is 18.2 Å². The largest absolute Gasteiger partial charge is 0.434 e. The maximum atomic E-state index is 12.5. The fourth-order valence-electron chi connectivity index (χ4n) is 1.92. The maximum Gasteiger partial charge on any atom is 0.434 e. The lowest BCUT2D eigenvalue weighted by Crippen LogP contribution is -2.36. The lowest BCUT2D eigenvalue weighted by molar-refractivity contribution is -0.385. The van der Waals surface area contributed by atoms with E-state index in [1.807, 2.05) is 0 Å². The number of hydrogen-bond acceptors (Lipinski definition) is 5. The van der Waals surface area contributed by atoms with E-state index in [1.54, 1.807) is 18.2 Å². The van der Waals surface area contributed by atoms with E-state index in [1.165, 1.54) is 13.1 Å². The fourth-order valence-corrected chi connectivity index (χ4v) is 2.66. The van der Waals surface area contributed by atoms with Gasteiger partial charge in [0.2, 0.25) is 0 Å². The number of aromatic nitrogens is 1. The van der Waals surface area contributed by atoms with Gasteiger partial charge in [-0.05, 0) is 0 Å². The van der Waals surface area contributed by atoms with E-state index in [9.17, 15) is 23.3 Å². The van der Waals surface area contributed by atoms with Crippen LogP contribution in [0.15, 0.2) is 34.6 Å². The molecule has 7 nitrogen and oxygen atoms in total. The molecule has 0 fully saturated rings. The quantitative estimate of drug-likeness (QED) is 0.215. The second kappa shape index (κ2) is 9.66. The summed E-state index contributed by atoms with van der Waals surface area (Å²) >= 11 is 0.884. The number of benzene rings is 1. The zero-order valence-electron chi connectivity index (χ0n) is 13.4. The molecule has 142 valence electrons. The van der Waals surface area contributed by atoms with E-state index in [4.69, 9.17) is 0 Å². The van der Waals surface area contributed by atoms with Crippen LogP contribution in [0.1, 0.15) is 16.3 Å². The molecule has 0 aliphatic heterocycles. The monoisotopic (exact) mass is 501 g/mol. The van der Waals surface area contributed by atoms with Gasteiger partial charge in [0.05, 0.1) is 11.5 Å². The molecule has 0 bridgehead atoms. The summed E-state index contributed by atoms with van der Waals surface area (Å²) in [7, 11) is 1.48. The molecule has 0 saturated heterocycles. The summed E-state index contributed by atoms with van der Waals surface area (Å²) in [6, 6.07) is 6.24. The molecule has 26 heavy (non-hydrogen) atoms. The first kappa shape index (κ1) is 22.1. The molecule has 0 radical (unpaired) electrons. The minimum absolute atomic E-state index is 0. The first-order valence-corrected chi connectivity index (χ1v) is 7.87. The Labute approximate surface area is 167 Å². The second-order valence-electron chi connectivity index (χ2n) is 4.79. The number of para-hydroxylation sites is 1. The van der Waals surface area contributed by atoms with Crippen molar-refractivity contribution in [3.8, 4) is 0 Å². The summed E-state index contributed by atoms with van der Waals surface area (Å²) in [6.07, 6.45) is -4.47. The van der Waals surface area contributed by atoms with Crippen LogP contribution in [0, 0.1) is 10.1 Å². The van der Waals surface area contributed by atoms with Crippen molar-refractivity contribution in [1.82, 2.24) is 15.6 Å². The molecule has 0 saturated carbocycles. The highest BCUT2D eigenvalue weighted by Crippen LogP contribution is 2.29. The third kappa shape index (κ3) is 6.09. The Morgan fingerprint density at radius 3 is 2.54 bits per heavy atom. The SMILES string of the molecule is CN=C(NCc1nc(C(F)(F)F)cs1)NCc1ccccc1[N+](=O)[O-].I. The first-order chi connectivity index (χ1) is 11.8. The van der Waals surface area contributed by atoms with E-state index in [0.29, 0.717) is 11.5 Å². The molecular formula is C14H15F3IN5O2S. The number of halogens is 4. The third-order valence-corrected chi connectivity index (χ3v) is 3.96. The molecule has 2 N–H and O–H groups in total. The van der Waals surface area contributed by atoms with Crippen LogP contribution in [-0.2, 0) is 19.3 Å². The molecule has 0 atom stereocenters. The number of nitro benzene ring substituents is 1. The molecule has 2 aromatic rings. The lowest BCUT2D eigenvalue weighted by Gasteiger charge is -2.11. The van der Waals surface area contributed by atoms with E-state index in [-0.39, 0.29) is 47.8 Å². The number of aliphatic imine (C=N–C) groups is 1. The van der Waals surface area contributed by atoms with Crippen molar-refractivity contribution in [3.63, 3.8) is 0 Å². The van der Waals surface area contributed by atoms with Gasteiger partial charge in [0, 0.05) is 30.6 Å². The van der Waals surface area contributed by atoms with Crippen molar-refractivity contribution in [1.29, 1.82) is 0 Å². The summed E-state index contributed by atoms with van der Waals surface area (Å²) in [4.78, 5) is 17.9. The molecule has 1 aromatic carbocycles. The first-order valence-electron chi connectivity index (χ1n) is 6.99. The van der Waals surface area contributed by atoms with E-state index in [2.05, 4.69) is 20.6 Å². The molecule has 0 amide bonds. The van der Waals surface area contributed by atoms with Crippen LogP contribution < -0.4 is 10.6 Å². The van der Waals surface area contributed by atoms with Crippen LogP contribution >= 0.6 is 35.3 Å². The number of guanidine groups is 1.